The fourth-order valence-corrected chi connectivity index (χ4v) is 2.40. The number of rotatable bonds is 1. The molecule has 0 radical (unpaired) electrons. The average molecular weight is 252 g/mol. The van der Waals surface area contributed by atoms with E-state index in [1.54, 1.807) is 0 Å². The Balaban J connectivity index is 2.04. The SMILES string of the molecule is C=C(C(F)(F)F)C1(O)CCC2(CC1)OCCO2. The fourth-order valence-electron chi connectivity index (χ4n) is 2.40. The monoisotopic (exact) mass is 252 g/mol. The second-order valence-corrected chi connectivity index (χ2v) is 4.62. The van der Waals surface area contributed by atoms with Crippen molar-refractivity contribution in [2.45, 2.75) is 43.2 Å². The van der Waals surface area contributed by atoms with Crippen molar-refractivity contribution in [3.8, 4) is 0 Å². The van der Waals surface area contributed by atoms with Gasteiger partial charge in [0.2, 0.25) is 0 Å². The predicted octanol–water partition coefficient (Wildman–Crippen LogP) is 2.15. The number of aliphatic hydroxyl groups is 1. The van der Waals surface area contributed by atoms with Crippen LogP contribution in [0.25, 0.3) is 0 Å². The van der Waals surface area contributed by atoms with E-state index in [0.717, 1.165) is 0 Å². The summed E-state index contributed by atoms with van der Waals surface area (Å²) in [4.78, 5) is 0. The van der Waals surface area contributed by atoms with Gasteiger partial charge in [-0.05, 0) is 12.8 Å². The predicted molar refractivity (Wildman–Crippen MR) is 53.2 cm³/mol. The molecule has 2 aliphatic rings. The van der Waals surface area contributed by atoms with Gasteiger partial charge in [0.25, 0.3) is 0 Å². The molecular weight excluding hydrogens is 237 g/mol. The van der Waals surface area contributed by atoms with Crippen LogP contribution in [0.15, 0.2) is 12.2 Å². The molecule has 1 heterocycles. The van der Waals surface area contributed by atoms with Crippen LogP contribution >= 0.6 is 0 Å². The van der Waals surface area contributed by atoms with E-state index in [1.165, 1.54) is 0 Å². The molecule has 2 rings (SSSR count). The van der Waals surface area contributed by atoms with Crippen LogP contribution < -0.4 is 0 Å². The lowest BCUT2D eigenvalue weighted by atomic mass is 9.77. The molecule has 0 amide bonds. The number of alkyl halides is 3. The van der Waals surface area contributed by atoms with Crippen molar-refractivity contribution in [1.82, 2.24) is 0 Å². The summed E-state index contributed by atoms with van der Waals surface area (Å²) in [7, 11) is 0. The van der Waals surface area contributed by atoms with Gasteiger partial charge in [-0.1, -0.05) is 6.58 Å². The first kappa shape index (κ1) is 12.9. The molecule has 1 saturated heterocycles. The molecule has 98 valence electrons. The van der Waals surface area contributed by atoms with Crippen molar-refractivity contribution < 1.29 is 27.8 Å². The van der Waals surface area contributed by atoms with E-state index in [2.05, 4.69) is 6.58 Å². The van der Waals surface area contributed by atoms with Crippen LogP contribution in [0.2, 0.25) is 0 Å². The lowest BCUT2D eigenvalue weighted by Crippen LogP contribution is -2.47. The molecule has 0 aromatic carbocycles. The molecule has 0 atom stereocenters. The van der Waals surface area contributed by atoms with Crippen LogP contribution in [-0.4, -0.2) is 35.9 Å². The molecule has 0 aromatic heterocycles. The molecule has 1 N–H and O–H groups in total. The topological polar surface area (TPSA) is 38.7 Å². The van der Waals surface area contributed by atoms with E-state index >= 15 is 0 Å². The largest absolute Gasteiger partial charge is 0.414 e. The standard InChI is InChI=1S/C11H15F3O3/c1-8(11(12,13)14)9(15)2-4-10(5-3-9)16-6-7-17-10/h15H,1-7H2. The van der Waals surface area contributed by atoms with Crippen LogP contribution in [0.1, 0.15) is 25.7 Å². The van der Waals surface area contributed by atoms with E-state index < -0.39 is 23.1 Å². The number of halogens is 3. The lowest BCUT2D eigenvalue weighted by molar-refractivity contribution is -0.206. The van der Waals surface area contributed by atoms with E-state index in [9.17, 15) is 18.3 Å². The highest BCUT2D eigenvalue weighted by Crippen LogP contribution is 2.46. The minimum Gasteiger partial charge on any atom is -0.385 e. The second-order valence-electron chi connectivity index (χ2n) is 4.62. The zero-order valence-corrected chi connectivity index (χ0v) is 9.35. The van der Waals surface area contributed by atoms with Gasteiger partial charge in [0, 0.05) is 12.8 Å². The summed E-state index contributed by atoms with van der Waals surface area (Å²) >= 11 is 0. The Morgan fingerprint density at radius 3 is 1.94 bits per heavy atom. The van der Waals surface area contributed by atoms with Gasteiger partial charge in [0.1, 0.15) is 0 Å². The summed E-state index contributed by atoms with van der Waals surface area (Å²) in [5.74, 6) is -0.780. The van der Waals surface area contributed by atoms with Crippen molar-refractivity contribution in [2.24, 2.45) is 0 Å². The van der Waals surface area contributed by atoms with Gasteiger partial charge in [0.15, 0.2) is 5.79 Å². The Labute approximate surface area is 97.2 Å². The van der Waals surface area contributed by atoms with Crippen LogP contribution in [0.3, 0.4) is 0 Å². The van der Waals surface area contributed by atoms with Gasteiger partial charge in [-0.25, -0.2) is 0 Å². The summed E-state index contributed by atoms with van der Waals surface area (Å²) in [6.07, 6.45) is -4.11. The fraction of sp³-hybridized carbons (Fsp3) is 0.818. The zero-order chi connectivity index (χ0) is 12.7. The average Bonchev–Trinajstić information content (AvgIpc) is 2.70. The Hall–Kier alpha value is -0.590. The Kier molecular flexibility index (Phi) is 3.00. The lowest BCUT2D eigenvalue weighted by Gasteiger charge is -2.41. The molecule has 3 nitrogen and oxygen atoms in total. The van der Waals surface area contributed by atoms with Crippen LogP contribution in [0.4, 0.5) is 13.2 Å². The second kappa shape index (κ2) is 3.96. The first-order valence-corrected chi connectivity index (χ1v) is 5.54. The normalized spacial score (nSPS) is 27.3. The van der Waals surface area contributed by atoms with Crippen LogP contribution in [0, 0.1) is 0 Å². The minimum absolute atomic E-state index is 0.0364. The van der Waals surface area contributed by atoms with Crippen molar-refractivity contribution in [2.75, 3.05) is 13.2 Å². The number of hydrogen-bond acceptors (Lipinski definition) is 3. The third kappa shape index (κ3) is 2.34. The van der Waals surface area contributed by atoms with Crippen molar-refractivity contribution >= 4 is 0 Å². The number of hydrogen-bond donors (Lipinski definition) is 1. The molecule has 6 heteroatoms. The molecule has 1 aliphatic heterocycles. The van der Waals surface area contributed by atoms with Gasteiger partial charge in [0.05, 0.1) is 24.4 Å². The summed E-state index contributed by atoms with van der Waals surface area (Å²) < 4.78 is 48.4. The molecule has 0 unspecified atom stereocenters. The maximum Gasteiger partial charge on any atom is 0.414 e. The van der Waals surface area contributed by atoms with Crippen LogP contribution in [0.5, 0.6) is 0 Å². The Morgan fingerprint density at radius 2 is 1.53 bits per heavy atom. The molecule has 2 fully saturated rings. The smallest absolute Gasteiger partial charge is 0.385 e. The summed E-state index contributed by atoms with van der Waals surface area (Å²) in [5.41, 5.74) is -2.95. The van der Waals surface area contributed by atoms with E-state index in [1.807, 2.05) is 0 Å². The molecule has 1 aliphatic carbocycles. The maximum absolute atomic E-state index is 12.5. The summed E-state index contributed by atoms with van der Waals surface area (Å²) in [6, 6.07) is 0. The highest BCUT2D eigenvalue weighted by atomic mass is 19.4. The van der Waals surface area contributed by atoms with Gasteiger partial charge in [-0.15, -0.1) is 0 Å². The molecular formula is C11H15F3O3. The highest BCUT2D eigenvalue weighted by molar-refractivity contribution is 5.19. The molecule has 1 spiro atoms. The van der Waals surface area contributed by atoms with Crippen molar-refractivity contribution in [3.63, 3.8) is 0 Å². The van der Waals surface area contributed by atoms with Crippen molar-refractivity contribution in [3.05, 3.63) is 12.2 Å². The maximum atomic E-state index is 12.5. The summed E-state index contributed by atoms with van der Waals surface area (Å²) in [6.45, 7) is 3.89. The third-order valence-corrected chi connectivity index (χ3v) is 3.56. The van der Waals surface area contributed by atoms with E-state index in [-0.39, 0.29) is 25.7 Å². The van der Waals surface area contributed by atoms with Crippen molar-refractivity contribution in [1.29, 1.82) is 0 Å². The quantitative estimate of drug-likeness (QED) is 0.727. The van der Waals surface area contributed by atoms with Gasteiger partial charge in [-0.3, -0.25) is 0 Å². The van der Waals surface area contributed by atoms with Crippen LogP contribution in [-0.2, 0) is 9.47 Å². The van der Waals surface area contributed by atoms with E-state index in [0.29, 0.717) is 13.2 Å². The van der Waals surface area contributed by atoms with Gasteiger partial charge < -0.3 is 14.6 Å². The molecule has 0 aromatic rings. The Morgan fingerprint density at radius 1 is 1.06 bits per heavy atom. The first-order chi connectivity index (χ1) is 7.78. The molecule has 1 saturated carbocycles. The van der Waals surface area contributed by atoms with Gasteiger partial charge >= 0.3 is 6.18 Å². The van der Waals surface area contributed by atoms with Gasteiger partial charge in [-0.2, -0.15) is 13.2 Å². The molecule has 0 bridgehead atoms. The molecule has 17 heavy (non-hydrogen) atoms. The first-order valence-electron chi connectivity index (χ1n) is 5.54. The minimum atomic E-state index is -4.56. The summed E-state index contributed by atoms with van der Waals surface area (Å²) in [5, 5.41) is 9.99. The van der Waals surface area contributed by atoms with E-state index in [4.69, 9.17) is 9.47 Å². The number of ether oxygens (including phenoxy) is 2. The Bertz CT molecular complexity index is 308. The zero-order valence-electron chi connectivity index (χ0n) is 9.35. The third-order valence-electron chi connectivity index (χ3n) is 3.56. The highest BCUT2D eigenvalue weighted by Gasteiger charge is 2.52.